The van der Waals surface area contributed by atoms with E-state index in [-0.39, 0.29) is 11.8 Å². The van der Waals surface area contributed by atoms with Crippen molar-refractivity contribution in [1.82, 2.24) is 14.7 Å². The minimum atomic E-state index is -4.68. The molecule has 1 amide bonds. The second kappa shape index (κ2) is 7.24. The number of carbonyl (C=O) groups is 1. The van der Waals surface area contributed by atoms with E-state index in [1.54, 1.807) is 20.8 Å². The van der Waals surface area contributed by atoms with E-state index >= 15 is 0 Å². The number of amides is 1. The third kappa shape index (κ3) is 3.78. The van der Waals surface area contributed by atoms with Gasteiger partial charge in [0.05, 0.1) is 17.3 Å². The normalized spacial score (nSPS) is 20.6. The molecule has 2 N–H and O–H groups in total. The van der Waals surface area contributed by atoms with Crippen LogP contribution in [0, 0.1) is 5.92 Å². The van der Waals surface area contributed by atoms with Crippen molar-refractivity contribution in [3.05, 3.63) is 53.3 Å². The number of hydrogen-bond donors (Lipinski definition) is 1. The summed E-state index contributed by atoms with van der Waals surface area (Å²) in [5.74, 6) is -0.653. The second-order valence-electron chi connectivity index (χ2n) is 8.21. The van der Waals surface area contributed by atoms with Gasteiger partial charge in [-0.25, -0.2) is 0 Å². The average Bonchev–Trinajstić information content (AvgIpc) is 3.26. The van der Waals surface area contributed by atoms with Gasteiger partial charge in [-0.3, -0.25) is 9.48 Å². The number of nitrogens with zero attached hydrogens (tertiary/aromatic N) is 3. The highest BCUT2D eigenvalue weighted by Gasteiger charge is 2.44. The molecule has 0 bridgehead atoms. The van der Waals surface area contributed by atoms with Crippen LogP contribution in [0.25, 0.3) is 0 Å². The number of likely N-dealkylation sites (tertiary alicyclic amines) is 1. The molecule has 2 atom stereocenters. The summed E-state index contributed by atoms with van der Waals surface area (Å²) in [5.41, 5.74) is 4.61. The van der Waals surface area contributed by atoms with Crippen LogP contribution in [0.4, 0.5) is 13.2 Å². The van der Waals surface area contributed by atoms with Crippen LogP contribution >= 0.6 is 0 Å². The second-order valence-corrected chi connectivity index (χ2v) is 8.21. The molecule has 152 valence electrons. The molecule has 1 fully saturated rings. The molecule has 1 aromatic heterocycles. The molecular weight excluding hydrogens is 369 g/mol. The predicted octanol–water partition coefficient (Wildman–Crippen LogP) is 3.47. The number of aromatic nitrogens is 2. The van der Waals surface area contributed by atoms with Crippen molar-refractivity contribution in [2.24, 2.45) is 11.7 Å². The fraction of sp³-hybridized carbons (Fsp3) is 0.500. The number of carbonyl (C=O) groups excluding carboxylic acids is 1. The molecule has 2 heterocycles. The van der Waals surface area contributed by atoms with Gasteiger partial charge in [0.2, 0.25) is 0 Å². The highest BCUT2D eigenvalue weighted by molar-refractivity contribution is 5.95. The van der Waals surface area contributed by atoms with Gasteiger partial charge in [-0.05, 0) is 38.8 Å². The van der Waals surface area contributed by atoms with Gasteiger partial charge in [-0.1, -0.05) is 30.3 Å². The monoisotopic (exact) mass is 394 g/mol. The van der Waals surface area contributed by atoms with Crippen LogP contribution in [0.1, 0.15) is 48.3 Å². The van der Waals surface area contributed by atoms with Crippen LogP contribution in [0.5, 0.6) is 0 Å². The maximum atomic E-state index is 13.8. The molecular formula is C20H25F3N4O. The highest BCUT2D eigenvalue weighted by Crippen LogP contribution is 2.37. The molecule has 0 radical (unpaired) electrons. The van der Waals surface area contributed by atoms with Gasteiger partial charge in [-0.2, -0.15) is 18.3 Å². The van der Waals surface area contributed by atoms with Gasteiger partial charge in [0.1, 0.15) is 0 Å². The molecule has 0 aliphatic carbocycles. The average molecular weight is 394 g/mol. The van der Waals surface area contributed by atoms with Crippen molar-refractivity contribution >= 4 is 5.91 Å². The summed E-state index contributed by atoms with van der Waals surface area (Å²) in [6.45, 7) is 5.88. The number of nitrogens with two attached hydrogens (primary N) is 1. The third-order valence-corrected chi connectivity index (χ3v) is 5.16. The van der Waals surface area contributed by atoms with E-state index in [0.717, 1.165) is 16.4 Å². The first-order valence-electron chi connectivity index (χ1n) is 9.24. The number of alkyl halides is 3. The quantitative estimate of drug-likeness (QED) is 0.867. The first-order chi connectivity index (χ1) is 13.0. The van der Waals surface area contributed by atoms with Gasteiger partial charge in [-0.15, -0.1) is 0 Å². The molecule has 1 aliphatic rings. The van der Waals surface area contributed by atoms with Crippen molar-refractivity contribution < 1.29 is 18.0 Å². The van der Waals surface area contributed by atoms with Crippen LogP contribution in [0.2, 0.25) is 0 Å². The summed E-state index contributed by atoms with van der Waals surface area (Å²) in [5, 5.41) is 3.89. The van der Waals surface area contributed by atoms with Gasteiger partial charge in [0.25, 0.3) is 5.91 Å². The van der Waals surface area contributed by atoms with Gasteiger partial charge in [0, 0.05) is 19.0 Å². The Morgan fingerprint density at radius 3 is 2.36 bits per heavy atom. The lowest BCUT2D eigenvalue weighted by Crippen LogP contribution is -2.33. The molecule has 1 saturated heterocycles. The zero-order chi connectivity index (χ0) is 20.7. The van der Waals surface area contributed by atoms with Crippen LogP contribution in [-0.2, 0) is 11.7 Å². The maximum Gasteiger partial charge on any atom is 0.433 e. The summed E-state index contributed by atoms with van der Waals surface area (Å²) in [6, 6.07) is 9.63. The SMILES string of the molecule is CC(C)(C)n1ncc(C(=O)N2C[C@@H](CN)[C@H](c3ccccc3)C2)c1C(F)(F)F. The first kappa shape index (κ1) is 20.4. The summed E-state index contributed by atoms with van der Waals surface area (Å²) in [7, 11) is 0. The van der Waals surface area contributed by atoms with E-state index in [1.165, 1.54) is 4.90 Å². The molecule has 3 rings (SSSR count). The van der Waals surface area contributed by atoms with Crippen molar-refractivity contribution in [3.63, 3.8) is 0 Å². The van der Waals surface area contributed by atoms with E-state index in [9.17, 15) is 18.0 Å². The van der Waals surface area contributed by atoms with E-state index in [2.05, 4.69) is 5.10 Å². The Morgan fingerprint density at radius 1 is 1.18 bits per heavy atom. The van der Waals surface area contributed by atoms with Gasteiger partial charge < -0.3 is 10.6 Å². The summed E-state index contributed by atoms with van der Waals surface area (Å²) < 4.78 is 42.1. The fourth-order valence-corrected chi connectivity index (χ4v) is 3.81. The van der Waals surface area contributed by atoms with Crippen molar-refractivity contribution in [2.45, 2.75) is 38.4 Å². The summed E-state index contributed by atoms with van der Waals surface area (Å²) in [6.07, 6.45) is -3.65. The molecule has 1 aliphatic heterocycles. The van der Waals surface area contributed by atoms with E-state index in [1.807, 2.05) is 30.3 Å². The minimum Gasteiger partial charge on any atom is -0.338 e. The Balaban J connectivity index is 1.94. The third-order valence-electron chi connectivity index (χ3n) is 5.16. The molecule has 2 aromatic rings. The zero-order valence-corrected chi connectivity index (χ0v) is 16.2. The first-order valence-corrected chi connectivity index (χ1v) is 9.24. The zero-order valence-electron chi connectivity index (χ0n) is 16.2. The lowest BCUT2D eigenvalue weighted by atomic mass is 9.89. The Labute approximate surface area is 162 Å². The number of halogens is 3. The molecule has 0 unspecified atom stereocenters. The summed E-state index contributed by atoms with van der Waals surface area (Å²) >= 11 is 0. The Morgan fingerprint density at radius 2 is 1.82 bits per heavy atom. The number of hydrogen-bond acceptors (Lipinski definition) is 3. The van der Waals surface area contributed by atoms with Gasteiger partial charge in [0.15, 0.2) is 5.69 Å². The van der Waals surface area contributed by atoms with Crippen LogP contribution < -0.4 is 5.73 Å². The smallest absolute Gasteiger partial charge is 0.338 e. The van der Waals surface area contributed by atoms with Crippen molar-refractivity contribution in [2.75, 3.05) is 19.6 Å². The molecule has 28 heavy (non-hydrogen) atoms. The standard InChI is InChI=1S/C20H25F3N4O/c1-19(2,3)27-17(20(21,22)23)15(10-25-27)18(28)26-11-14(9-24)16(12-26)13-7-5-4-6-8-13/h4-8,10,14,16H,9,11-12,24H2,1-3H3/t14-,16+/m1/s1. The Bertz CT molecular complexity index is 839. The molecule has 0 spiro atoms. The van der Waals surface area contributed by atoms with Gasteiger partial charge >= 0.3 is 6.18 Å². The Hall–Kier alpha value is -2.35. The van der Waals surface area contributed by atoms with Crippen molar-refractivity contribution in [1.29, 1.82) is 0 Å². The molecule has 8 heteroatoms. The van der Waals surface area contributed by atoms with Crippen molar-refractivity contribution in [3.8, 4) is 0 Å². The van der Waals surface area contributed by atoms with Crippen LogP contribution in [0.15, 0.2) is 36.5 Å². The van der Waals surface area contributed by atoms with Crippen LogP contribution in [-0.4, -0.2) is 40.2 Å². The lowest BCUT2D eigenvalue weighted by molar-refractivity contribution is -0.146. The number of rotatable bonds is 3. The minimum absolute atomic E-state index is 0.00153. The highest BCUT2D eigenvalue weighted by atomic mass is 19.4. The fourth-order valence-electron chi connectivity index (χ4n) is 3.81. The Kier molecular flexibility index (Phi) is 5.27. The molecule has 1 aromatic carbocycles. The topological polar surface area (TPSA) is 64.2 Å². The number of benzene rings is 1. The molecule has 5 nitrogen and oxygen atoms in total. The maximum absolute atomic E-state index is 13.8. The van der Waals surface area contributed by atoms with E-state index < -0.39 is 28.9 Å². The lowest BCUT2D eigenvalue weighted by Gasteiger charge is -2.24. The predicted molar refractivity (Wildman–Crippen MR) is 99.9 cm³/mol. The molecule has 0 saturated carbocycles. The summed E-state index contributed by atoms with van der Waals surface area (Å²) in [4.78, 5) is 14.5. The van der Waals surface area contributed by atoms with E-state index in [0.29, 0.717) is 19.6 Å². The van der Waals surface area contributed by atoms with Crippen LogP contribution in [0.3, 0.4) is 0 Å². The van der Waals surface area contributed by atoms with E-state index in [4.69, 9.17) is 5.73 Å². The largest absolute Gasteiger partial charge is 0.433 e.